The van der Waals surface area contributed by atoms with Crippen LogP contribution >= 0.6 is 0 Å². The van der Waals surface area contributed by atoms with Crippen LogP contribution in [-0.2, 0) is 9.53 Å². The van der Waals surface area contributed by atoms with E-state index in [1.807, 2.05) is 39.1 Å². The molecular weight excluding hydrogens is 238 g/mol. The molecule has 3 heteroatoms. The van der Waals surface area contributed by atoms with Crippen LogP contribution in [0.4, 0.5) is 0 Å². The summed E-state index contributed by atoms with van der Waals surface area (Å²) in [6.07, 6.45) is 5.59. The standard InChI is InChI=1S/C16H21NO2/c1-10-8-13(15(18)19-16(3,4)5)12-6-7-17-9-14(12)11(10)2/h6-11H,1-5H3. The molecule has 0 aromatic carbocycles. The second-order valence-electron chi connectivity index (χ2n) is 6.19. The van der Waals surface area contributed by atoms with Gasteiger partial charge in [-0.25, -0.2) is 4.79 Å². The second kappa shape index (κ2) is 4.80. The molecule has 1 heterocycles. The Balaban J connectivity index is 2.40. The lowest BCUT2D eigenvalue weighted by Gasteiger charge is -2.28. The van der Waals surface area contributed by atoms with Crippen molar-refractivity contribution in [1.29, 1.82) is 0 Å². The van der Waals surface area contributed by atoms with Gasteiger partial charge in [-0.05, 0) is 49.8 Å². The molecule has 1 aliphatic rings. The van der Waals surface area contributed by atoms with E-state index in [0.29, 0.717) is 17.4 Å². The molecule has 1 aliphatic carbocycles. The molecule has 0 radical (unpaired) electrons. The Hall–Kier alpha value is -1.64. The number of esters is 1. The van der Waals surface area contributed by atoms with E-state index in [4.69, 9.17) is 4.74 Å². The van der Waals surface area contributed by atoms with Gasteiger partial charge in [-0.15, -0.1) is 0 Å². The third-order valence-electron chi connectivity index (χ3n) is 3.47. The van der Waals surface area contributed by atoms with Crippen LogP contribution in [0.5, 0.6) is 0 Å². The maximum atomic E-state index is 12.3. The summed E-state index contributed by atoms with van der Waals surface area (Å²) in [7, 11) is 0. The molecule has 0 bridgehead atoms. The number of carbonyl (C=O) groups excluding carboxylic acids is 1. The first-order valence-corrected chi connectivity index (χ1v) is 6.69. The molecule has 1 aromatic rings. The summed E-state index contributed by atoms with van der Waals surface area (Å²) < 4.78 is 5.49. The van der Waals surface area contributed by atoms with Gasteiger partial charge in [0.05, 0.1) is 5.57 Å². The Bertz CT molecular complexity index is 526. The Labute approximate surface area is 114 Å². The molecule has 19 heavy (non-hydrogen) atoms. The quantitative estimate of drug-likeness (QED) is 0.724. The molecule has 3 nitrogen and oxygen atoms in total. The second-order valence-corrected chi connectivity index (χ2v) is 6.19. The zero-order valence-electron chi connectivity index (χ0n) is 12.2. The number of nitrogens with zero attached hydrogens (tertiary/aromatic N) is 1. The first-order valence-electron chi connectivity index (χ1n) is 6.69. The van der Waals surface area contributed by atoms with Crippen molar-refractivity contribution in [3.05, 3.63) is 35.7 Å². The van der Waals surface area contributed by atoms with Crippen LogP contribution < -0.4 is 0 Å². The third kappa shape index (κ3) is 2.86. The van der Waals surface area contributed by atoms with Crippen LogP contribution in [-0.4, -0.2) is 16.6 Å². The zero-order chi connectivity index (χ0) is 14.2. The van der Waals surface area contributed by atoms with Crippen molar-refractivity contribution in [2.24, 2.45) is 5.92 Å². The number of rotatable bonds is 1. The van der Waals surface area contributed by atoms with E-state index in [0.717, 1.165) is 11.1 Å². The lowest BCUT2D eigenvalue weighted by Crippen LogP contribution is -2.26. The van der Waals surface area contributed by atoms with Gasteiger partial charge in [0.2, 0.25) is 0 Å². The molecule has 2 unspecified atom stereocenters. The zero-order valence-corrected chi connectivity index (χ0v) is 12.2. The summed E-state index contributed by atoms with van der Waals surface area (Å²) in [5, 5.41) is 0. The number of carbonyl (C=O) groups is 1. The normalized spacial score (nSPS) is 22.5. The highest BCUT2D eigenvalue weighted by molar-refractivity contribution is 6.17. The van der Waals surface area contributed by atoms with Gasteiger partial charge in [-0.2, -0.15) is 0 Å². The van der Waals surface area contributed by atoms with Crippen molar-refractivity contribution in [2.45, 2.75) is 46.1 Å². The van der Waals surface area contributed by atoms with Crippen LogP contribution in [0.25, 0.3) is 5.57 Å². The van der Waals surface area contributed by atoms with Gasteiger partial charge >= 0.3 is 5.97 Å². The maximum Gasteiger partial charge on any atom is 0.338 e. The fourth-order valence-corrected chi connectivity index (χ4v) is 2.31. The molecule has 2 atom stereocenters. The Kier molecular flexibility index (Phi) is 3.48. The minimum atomic E-state index is -0.475. The van der Waals surface area contributed by atoms with Crippen molar-refractivity contribution < 1.29 is 9.53 Å². The van der Waals surface area contributed by atoms with Crippen molar-refractivity contribution in [3.63, 3.8) is 0 Å². The van der Waals surface area contributed by atoms with Gasteiger partial charge in [0.15, 0.2) is 0 Å². The SMILES string of the molecule is CC1C=C(C(=O)OC(C)(C)C)c2ccncc2C1C. The van der Waals surface area contributed by atoms with Crippen LogP contribution in [0.2, 0.25) is 0 Å². The number of ether oxygens (including phenoxy) is 1. The van der Waals surface area contributed by atoms with Crippen molar-refractivity contribution >= 4 is 11.5 Å². The number of hydrogen-bond acceptors (Lipinski definition) is 3. The highest BCUT2D eigenvalue weighted by atomic mass is 16.6. The number of fused-ring (bicyclic) bond motifs is 1. The van der Waals surface area contributed by atoms with E-state index in [1.54, 1.807) is 6.20 Å². The van der Waals surface area contributed by atoms with Gasteiger partial charge in [-0.3, -0.25) is 4.98 Å². The molecule has 0 N–H and O–H groups in total. The van der Waals surface area contributed by atoms with Crippen molar-refractivity contribution in [2.75, 3.05) is 0 Å². The fraction of sp³-hybridized carbons (Fsp3) is 0.500. The van der Waals surface area contributed by atoms with E-state index >= 15 is 0 Å². The van der Waals surface area contributed by atoms with Gasteiger partial charge in [0.25, 0.3) is 0 Å². The summed E-state index contributed by atoms with van der Waals surface area (Å²) in [6.45, 7) is 9.92. The third-order valence-corrected chi connectivity index (χ3v) is 3.47. The van der Waals surface area contributed by atoms with E-state index in [1.165, 1.54) is 0 Å². The first-order chi connectivity index (χ1) is 8.79. The molecule has 0 fully saturated rings. The monoisotopic (exact) mass is 259 g/mol. The van der Waals surface area contributed by atoms with E-state index in [9.17, 15) is 4.79 Å². The lowest BCUT2D eigenvalue weighted by atomic mass is 9.79. The number of allylic oxidation sites excluding steroid dienone is 1. The summed E-state index contributed by atoms with van der Waals surface area (Å²) in [5.74, 6) is 0.424. The average molecular weight is 259 g/mol. The Morgan fingerprint density at radius 3 is 2.63 bits per heavy atom. The molecule has 0 aliphatic heterocycles. The van der Waals surface area contributed by atoms with Gasteiger partial charge < -0.3 is 4.74 Å². The van der Waals surface area contributed by atoms with E-state index < -0.39 is 5.60 Å². The van der Waals surface area contributed by atoms with Crippen LogP contribution in [0.3, 0.4) is 0 Å². The maximum absolute atomic E-state index is 12.3. The summed E-state index contributed by atoms with van der Waals surface area (Å²) in [4.78, 5) is 16.5. The predicted molar refractivity (Wildman–Crippen MR) is 75.6 cm³/mol. The van der Waals surface area contributed by atoms with Gasteiger partial charge in [-0.1, -0.05) is 19.9 Å². The average Bonchev–Trinajstić information content (AvgIpc) is 2.31. The van der Waals surface area contributed by atoms with Crippen LogP contribution in [0, 0.1) is 5.92 Å². The van der Waals surface area contributed by atoms with Gasteiger partial charge in [0, 0.05) is 12.4 Å². The molecule has 1 aromatic heterocycles. The molecular formula is C16H21NO2. The van der Waals surface area contributed by atoms with Gasteiger partial charge in [0.1, 0.15) is 5.60 Å². The number of aromatic nitrogens is 1. The van der Waals surface area contributed by atoms with Crippen LogP contribution in [0.15, 0.2) is 24.5 Å². The number of hydrogen-bond donors (Lipinski definition) is 0. The van der Waals surface area contributed by atoms with Crippen LogP contribution in [0.1, 0.15) is 51.7 Å². The Morgan fingerprint density at radius 2 is 2.00 bits per heavy atom. The molecule has 0 spiro atoms. The van der Waals surface area contributed by atoms with Crippen molar-refractivity contribution in [1.82, 2.24) is 4.98 Å². The smallest absolute Gasteiger partial charge is 0.338 e. The highest BCUT2D eigenvalue weighted by Gasteiger charge is 2.29. The molecule has 0 amide bonds. The first kappa shape index (κ1) is 13.8. The van der Waals surface area contributed by atoms with E-state index in [-0.39, 0.29) is 5.97 Å². The van der Waals surface area contributed by atoms with E-state index in [2.05, 4.69) is 18.8 Å². The minimum Gasteiger partial charge on any atom is -0.456 e. The summed E-state index contributed by atoms with van der Waals surface area (Å²) in [6, 6.07) is 1.90. The number of pyridine rings is 1. The molecule has 0 saturated heterocycles. The minimum absolute atomic E-state index is 0.251. The molecule has 102 valence electrons. The summed E-state index contributed by atoms with van der Waals surface area (Å²) >= 11 is 0. The summed E-state index contributed by atoms with van der Waals surface area (Å²) in [5.41, 5.74) is 2.27. The fourth-order valence-electron chi connectivity index (χ4n) is 2.31. The molecule has 0 saturated carbocycles. The largest absolute Gasteiger partial charge is 0.456 e. The van der Waals surface area contributed by atoms with Crippen molar-refractivity contribution in [3.8, 4) is 0 Å². The predicted octanol–water partition coefficient (Wildman–Crippen LogP) is 3.56. The molecule has 2 rings (SSSR count). The lowest BCUT2D eigenvalue weighted by molar-refractivity contribution is -0.147. The Morgan fingerprint density at radius 1 is 1.32 bits per heavy atom. The topological polar surface area (TPSA) is 39.2 Å². The highest BCUT2D eigenvalue weighted by Crippen LogP contribution is 2.38.